The van der Waals surface area contributed by atoms with E-state index in [9.17, 15) is 0 Å². The van der Waals surface area contributed by atoms with Crippen LogP contribution in [0.15, 0.2) is 0 Å². The van der Waals surface area contributed by atoms with Crippen LogP contribution in [0.25, 0.3) is 0 Å². The zero-order valence-electron chi connectivity index (χ0n) is 5.43. The fourth-order valence-electron chi connectivity index (χ4n) is 1.42. The average Bonchev–Trinajstić information content (AvgIpc) is 2.14. The van der Waals surface area contributed by atoms with Crippen LogP contribution in [0, 0.1) is 5.92 Å². The second-order valence-corrected chi connectivity index (χ2v) is 2.74. The van der Waals surface area contributed by atoms with E-state index < -0.39 is 0 Å². The van der Waals surface area contributed by atoms with Gasteiger partial charge < -0.3 is 5.11 Å². The van der Waals surface area contributed by atoms with Gasteiger partial charge in [0.2, 0.25) is 0 Å². The van der Waals surface area contributed by atoms with Gasteiger partial charge in [0.05, 0.1) is 6.10 Å². The van der Waals surface area contributed by atoms with E-state index in [0.29, 0.717) is 0 Å². The smallest absolute Gasteiger partial charge is 0.0543 e. The van der Waals surface area contributed by atoms with Gasteiger partial charge in [-0.1, -0.05) is 13.3 Å². The largest absolute Gasteiger partial charge is 0.393 e. The summed E-state index contributed by atoms with van der Waals surface area (Å²) in [5, 5.41) is 9.03. The quantitative estimate of drug-likeness (QED) is 0.548. The van der Waals surface area contributed by atoms with Crippen LogP contribution in [0.2, 0.25) is 0 Å². The van der Waals surface area contributed by atoms with Gasteiger partial charge >= 0.3 is 0 Å². The molecule has 0 amide bonds. The van der Waals surface area contributed by atoms with E-state index in [1.807, 2.05) is 0 Å². The lowest BCUT2D eigenvalue weighted by Gasteiger charge is -2.01. The SMILES string of the molecule is CCC1CCC(O)C1. The number of hydrogen-bond donors (Lipinski definition) is 1. The van der Waals surface area contributed by atoms with E-state index >= 15 is 0 Å². The summed E-state index contributed by atoms with van der Waals surface area (Å²) in [6.07, 6.45) is 4.61. The molecule has 1 heteroatoms. The first-order chi connectivity index (χ1) is 3.83. The van der Waals surface area contributed by atoms with Gasteiger partial charge in [-0.2, -0.15) is 0 Å². The topological polar surface area (TPSA) is 20.2 Å². The van der Waals surface area contributed by atoms with Crippen LogP contribution in [-0.4, -0.2) is 11.2 Å². The number of hydrogen-bond acceptors (Lipinski definition) is 1. The highest BCUT2D eigenvalue weighted by Crippen LogP contribution is 2.27. The van der Waals surface area contributed by atoms with E-state index in [4.69, 9.17) is 5.11 Å². The molecule has 1 saturated carbocycles. The minimum absolute atomic E-state index is 0.0277. The fraction of sp³-hybridized carbons (Fsp3) is 1.00. The summed E-state index contributed by atoms with van der Waals surface area (Å²) in [5.41, 5.74) is 0. The molecule has 0 heterocycles. The molecule has 8 heavy (non-hydrogen) atoms. The van der Waals surface area contributed by atoms with Crippen molar-refractivity contribution in [1.29, 1.82) is 0 Å². The Hall–Kier alpha value is -0.0400. The third-order valence-corrected chi connectivity index (χ3v) is 2.09. The molecule has 1 fully saturated rings. The van der Waals surface area contributed by atoms with E-state index in [1.165, 1.54) is 12.8 Å². The first-order valence-electron chi connectivity index (χ1n) is 3.51. The molecule has 48 valence electrons. The van der Waals surface area contributed by atoms with Crippen LogP contribution in [0.3, 0.4) is 0 Å². The minimum atomic E-state index is 0.0277. The Morgan fingerprint density at radius 2 is 2.25 bits per heavy atom. The van der Waals surface area contributed by atoms with Crippen molar-refractivity contribution in [3.8, 4) is 0 Å². The summed E-state index contributed by atoms with van der Waals surface area (Å²) in [6, 6.07) is 0. The van der Waals surface area contributed by atoms with Crippen LogP contribution in [0.1, 0.15) is 32.6 Å². The van der Waals surface area contributed by atoms with Crippen molar-refractivity contribution in [2.45, 2.75) is 38.7 Å². The highest BCUT2D eigenvalue weighted by atomic mass is 16.3. The molecular formula is C7H14O. The molecular weight excluding hydrogens is 100 g/mol. The second kappa shape index (κ2) is 2.49. The van der Waals surface area contributed by atoms with Gasteiger partial charge in [0, 0.05) is 0 Å². The van der Waals surface area contributed by atoms with E-state index in [1.54, 1.807) is 0 Å². The van der Waals surface area contributed by atoms with Crippen LogP contribution >= 0.6 is 0 Å². The first kappa shape index (κ1) is 6.09. The van der Waals surface area contributed by atoms with Gasteiger partial charge in [0.15, 0.2) is 0 Å². The van der Waals surface area contributed by atoms with Crippen molar-refractivity contribution in [1.82, 2.24) is 0 Å². The van der Waals surface area contributed by atoms with Crippen molar-refractivity contribution in [3.63, 3.8) is 0 Å². The molecule has 0 radical (unpaired) electrons. The molecule has 1 N–H and O–H groups in total. The van der Waals surface area contributed by atoms with Crippen molar-refractivity contribution >= 4 is 0 Å². The van der Waals surface area contributed by atoms with Gasteiger partial charge in [0.1, 0.15) is 0 Å². The summed E-state index contributed by atoms with van der Waals surface area (Å²) in [7, 11) is 0. The predicted molar refractivity (Wildman–Crippen MR) is 33.6 cm³/mol. The lowest BCUT2D eigenvalue weighted by Crippen LogP contribution is -1.98. The van der Waals surface area contributed by atoms with Gasteiger partial charge in [-0.05, 0) is 25.2 Å². The maximum atomic E-state index is 9.03. The Balaban J connectivity index is 2.22. The van der Waals surface area contributed by atoms with Crippen molar-refractivity contribution < 1.29 is 5.11 Å². The first-order valence-corrected chi connectivity index (χ1v) is 3.51. The summed E-state index contributed by atoms with van der Waals surface area (Å²) in [6.45, 7) is 2.20. The molecule has 1 aliphatic rings. The molecule has 0 spiro atoms. The van der Waals surface area contributed by atoms with Gasteiger partial charge in [0.25, 0.3) is 0 Å². The summed E-state index contributed by atoms with van der Waals surface area (Å²) >= 11 is 0. The Labute approximate surface area is 50.7 Å². The molecule has 2 atom stereocenters. The fourth-order valence-corrected chi connectivity index (χ4v) is 1.42. The van der Waals surface area contributed by atoms with Crippen LogP contribution in [0.4, 0.5) is 0 Å². The number of aliphatic hydroxyl groups excluding tert-OH is 1. The third kappa shape index (κ3) is 1.22. The molecule has 0 saturated heterocycles. The highest BCUT2D eigenvalue weighted by molar-refractivity contribution is 4.72. The van der Waals surface area contributed by atoms with Crippen LogP contribution < -0.4 is 0 Å². The molecule has 0 aromatic carbocycles. The molecule has 0 aliphatic heterocycles. The predicted octanol–water partition coefficient (Wildman–Crippen LogP) is 1.56. The maximum absolute atomic E-state index is 9.03. The molecule has 2 unspecified atom stereocenters. The Morgan fingerprint density at radius 1 is 1.50 bits per heavy atom. The van der Waals surface area contributed by atoms with E-state index in [0.717, 1.165) is 18.8 Å². The number of aliphatic hydroxyl groups is 1. The maximum Gasteiger partial charge on any atom is 0.0543 e. The zero-order chi connectivity index (χ0) is 5.98. The molecule has 0 aromatic heterocycles. The molecule has 1 nitrogen and oxygen atoms in total. The van der Waals surface area contributed by atoms with E-state index in [-0.39, 0.29) is 6.10 Å². The Bertz CT molecular complexity index is 70.8. The molecule has 1 rings (SSSR count). The van der Waals surface area contributed by atoms with Gasteiger partial charge in [-0.25, -0.2) is 0 Å². The minimum Gasteiger partial charge on any atom is -0.393 e. The summed E-state index contributed by atoms with van der Waals surface area (Å²) < 4.78 is 0. The van der Waals surface area contributed by atoms with Gasteiger partial charge in [-0.15, -0.1) is 0 Å². The Morgan fingerprint density at radius 3 is 2.50 bits per heavy atom. The normalized spacial score (nSPS) is 38.2. The lowest BCUT2D eigenvalue weighted by molar-refractivity contribution is 0.177. The standard InChI is InChI=1S/C7H14O/c1-2-6-3-4-7(8)5-6/h6-8H,2-5H2,1H3. The van der Waals surface area contributed by atoms with E-state index in [2.05, 4.69) is 6.92 Å². The molecule has 0 aromatic rings. The second-order valence-electron chi connectivity index (χ2n) is 2.74. The lowest BCUT2D eigenvalue weighted by atomic mass is 10.1. The summed E-state index contributed by atoms with van der Waals surface area (Å²) in [5.74, 6) is 0.824. The van der Waals surface area contributed by atoms with Crippen molar-refractivity contribution in [3.05, 3.63) is 0 Å². The van der Waals surface area contributed by atoms with Crippen LogP contribution in [0.5, 0.6) is 0 Å². The highest BCUT2D eigenvalue weighted by Gasteiger charge is 2.20. The third-order valence-electron chi connectivity index (χ3n) is 2.09. The monoisotopic (exact) mass is 114 g/mol. The summed E-state index contributed by atoms with van der Waals surface area (Å²) in [4.78, 5) is 0. The van der Waals surface area contributed by atoms with Crippen LogP contribution in [-0.2, 0) is 0 Å². The molecule has 1 aliphatic carbocycles. The van der Waals surface area contributed by atoms with Gasteiger partial charge in [-0.3, -0.25) is 0 Å². The zero-order valence-corrected chi connectivity index (χ0v) is 5.43. The van der Waals surface area contributed by atoms with Crippen molar-refractivity contribution in [2.75, 3.05) is 0 Å². The average molecular weight is 114 g/mol. The molecule has 0 bridgehead atoms. The van der Waals surface area contributed by atoms with Crippen molar-refractivity contribution in [2.24, 2.45) is 5.92 Å². The Kier molecular flexibility index (Phi) is 1.90. The number of rotatable bonds is 1.